The molecule has 19 heavy (non-hydrogen) atoms. The summed E-state index contributed by atoms with van der Waals surface area (Å²) in [6.45, 7) is 2.70. The zero-order chi connectivity index (χ0) is 14.4. The molecule has 0 fully saturated rings. The van der Waals surface area contributed by atoms with Gasteiger partial charge in [-0.15, -0.1) is 0 Å². The second-order valence-corrected chi connectivity index (χ2v) is 3.69. The number of carboxylic acids is 1. The lowest BCUT2D eigenvalue weighted by molar-refractivity contribution is -0.140. The van der Waals surface area contributed by atoms with Gasteiger partial charge in [0.2, 0.25) is 0 Å². The number of hydrogen-bond donors (Lipinski definition) is 1. The van der Waals surface area contributed by atoms with Crippen molar-refractivity contribution in [3.63, 3.8) is 0 Å². The molecule has 0 heterocycles. The minimum absolute atomic E-state index is 0.0298. The van der Waals surface area contributed by atoms with Gasteiger partial charge < -0.3 is 14.6 Å². The van der Waals surface area contributed by atoms with Crippen molar-refractivity contribution in [2.75, 3.05) is 13.2 Å². The predicted molar refractivity (Wildman–Crippen MR) is 65.1 cm³/mol. The Morgan fingerprint density at radius 1 is 1.16 bits per heavy atom. The van der Waals surface area contributed by atoms with E-state index in [9.17, 15) is 14.4 Å². The summed E-state index contributed by atoms with van der Waals surface area (Å²) in [4.78, 5) is 33.9. The number of carboxylic acid groups (broad SMARTS) is 1. The number of hydrogen-bond acceptors (Lipinski definition) is 5. The number of aryl methyl sites for hydroxylation is 1. The highest BCUT2D eigenvalue weighted by Crippen LogP contribution is 2.16. The number of benzene rings is 1. The standard InChI is InChI=1S/C13H14O6/c1-3-18-12(16)9-6-4-5-8(2)11(9)13(17)19-7-10(14)15/h4-6H,3,7H2,1-2H3,(H,14,15). The molecule has 0 amide bonds. The van der Waals surface area contributed by atoms with Gasteiger partial charge in [-0.1, -0.05) is 12.1 Å². The summed E-state index contributed by atoms with van der Waals surface area (Å²) in [6.07, 6.45) is 0. The Hall–Kier alpha value is -2.37. The van der Waals surface area contributed by atoms with Gasteiger partial charge in [0.25, 0.3) is 0 Å². The first-order valence-corrected chi connectivity index (χ1v) is 5.63. The van der Waals surface area contributed by atoms with E-state index in [2.05, 4.69) is 4.74 Å². The van der Waals surface area contributed by atoms with Gasteiger partial charge in [-0.25, -0.2) is 14.4 Å². The van der Waals surface area contributed by atoms with Crippen molar-refractivity contribution in [3.8, 4) is 0 Å². The summed E-state index contributed by atoms with van der Waals surface area (Å²) in [5, 5.41) is 8.47. The van der Waals surface area contributed by atoms with Crippen LogP contribution in [-0.2, 0) is 14.3 Å². The number of rotatable bonds is 5. The van der Waals surface area contributed by atoms with Gasteiger partial charge >= 0.3 is 17.9 Å². The summed E-state index contributed by atoms with van der Waals surface area (Å²) < 4.78 is 9.43. The summed E-state index contributed by atoms with van der Waals surface area (Å²) in [6, 6.07) is 4.66. The van der Waals surface area contributed by atoms with Crippen molar-refractivity contribution < 1.29 is 29.0 Å². The zero-order valence-electron chi connectivity index (χ0n) is 10.6. The Labute approximate surface area is 109 Å². The average Bonchev–Trinajstić information content (AvgIpc) is 2.35. The molecule has 1 aromatic rings. The molecule has 1 rings (SSSR count). The largest absolute Gasteiger partial charge is 0.479 e. The second-order valence-electron chi connectivity index (χ2n) is 3.69. The molecule has 6 heteroatoms. The average molecular weight is 266 g/mol. The first-order chi connectivity index (χ1) is 8.97. The molecule has 0 aliphatic carbocycles. The van der Waals surface area contributed by atoms with Gasteiger partial charge in [-0.2, -0.15) is 0 Å². The normalized spacial score (nSPS) is 9.79. The monoisotopic (exact) mass is 266 g/mol. The third kappa shape index (κ3) is 3.80. The molecule has 0 aromatic heterocycles. The number of esters is 2. The minimum atomic E-state index is -1.26. The smallest absolute Gasteiger partial charge is 0.341 e. The van der Waals surface area contributed by atoms with Crippen LogP contribution in [0, 0.1) is 6.92 Å². The van der Waals surface area contributed by atoms with Crippen LogP contribution in [-0.4, -0.2) is 36.2 Å². The maximum Gasteiger partial charge on any atom is 0.341 e. The van der Waals surface area contributed by atoms with Crippen LogP contribution >= 0.6 is 0 Å². The number of aliphatic carboxylic acids is 1. The second kappa shape index (κ2) is 6.53. The van der Waals surface area contributed by atoms with E-state index in [0.717, 1.165) is 0 Å². The maximum absolute atomic E-state index is 11.8. The lowest BCUT2D eigenvalue weighted by atomic mass is 10.0. The van der Waals surface area contributed by atoms with Crippen LogP contribution in [0.1, 0.15) is 33.2 Å². The van der Waals surface area contributed by atoms with E-state index in [1.807, 2.05) is 0 Å². The molecule has 0 aliphatic heterocycles. The van der Waals surface area contributed by atoms with E-state index < -0.39 is 24.5 Å². The minimum Gasteiger partial charge on any atom is -0.479 e. The van der Waals surface area contributed by atoms with Crippen LogP contribution in [0.25, 0.3) is 0 Å². The van der Waals surface area contributed by atoms with Crippen molar-refractivity contribution >= 4 is 17.9 Å². The van der Waals surface area contributed by atoms with Crippen molar-refractivity contribution in [1.29, 1.82) is 0 Å². The summed E-state index contributed by atoms with van der Waals surface area (Å²) in [5.74, 6) is -2.77. The number of carbonyl (C=O) groups excluding carboxylic acids is 2. The van der Waals surface area contributed by atoms with Crippen LogP contribution in [0.2, 0.25) is 0 Å². The molecule has 0 saturated heterocycles. The van der Waals surface area contributed by atoms with Gasteiger partial charge in [-0.3, -0.25) is 0 Å². The Morgan fingerprint density at radius 3 is 2.42 bits per heavy atom. The van der Waals surface area contributed by atoms with Crippen molar-refractivity contribution in [1.82, 2.24) is 0 Å². The van der Waals surface area contributed by atoms with E-state index in [0.29, 0.717) is 5.56 Å². The molecule has 1 aromatic carbocycles. The number of ether oxygens (including phenoxy) is 2. The molecular formula is C13H14O6. The fourth-order valence-electron chi connectivity index (χ4n) is 1.52. The van der Waals surface area contributed by atoms with Crippen LogP contribution in [0.15, 0.2) is 18.2 Å². The summed E-state index contributed by atoms with van der Waals surface area (Å²) in [5.41, 5.74) is 0.611. The van der Waals surface area contributed by atoms with E-state index >= 15 is 0 Å². The third-order valence-corrected chi connectivity index (χ3v) is 2.30. The Kier molecular flexibility index (Phi) is 5.05. The molecule has 6 nitrogen and oxygen atoms in total. The SMILES string of the molecule is CCOC(=O)c1cccc(C)c1C(=O)OCC(=O)O. The van der Waals surface area contributed by atoms with Crippen molar-refractivity contribution in [2.45, 2.75) is 13.8 Å². The van der Waals surface area contributed by atoms with Gasteiger partial charge in [0.05, 0.1) is 17.7 Å². The van der Waals surface area contributed by atoms with E-state index in [1.165, 1.54) is 6.07 Å². The molecule has 0 radical (unpaired) electrons. The molecule has 0 saturated carbocycles. The molecule has 0 atom stereocenters. The van der Waals surface area contributed by atoms with Crippen molar-refractivity contribution in [3.05, 3.63) is 34.9 Å². The quantitative estimate of drug-likeness (QED) is 0.810. The Morgan fingerprint density at radius 2 is 1.84 bits per heavy atom. The molecule has 102 valence electrons. The highest BCUT2D eigenvalue weighted by atomic mass is 16.6. The van der Waals surface area contributed by atoms with Gasteiger partial charge in [-0.05, 0) is 25.5 Å². The molecule has 0 unspecified atom stereocenters. The fraction of sp³-hybridized carbons (Fsp3) is 0.308. The summed E-state index contributed by atoms with van der Waals surface area (Å²) >= 11 is 0. The van der Waals surface area contributed by atoms with Crippen LogP contribution in [0.3, 0.4) is 0 Å². The fourth-order valence-corrected chi connectivity index (χ4v) is 1.52. The van der Waals surface area contributed by atoms with E-state index in [-0.39, 0.29) is 17.7 Å². The lowest BCUT2D eigenvalue weighted by Gasteiger charge is -2.10. The Balaban J connectivity index is 3.07. The van der Waals surface area contributed by atoms with E-state index in [4.69, 9.17) is 9.84 Å². The summed E-state index contributed by atoms with van der Waals surface area (Å²) in [7, 11) is 0. The maximum atomic E-state index is 11.8. The topological polar surface area (TPSA) is 89.9 Å². The predicted octanol–water partition coefficient (Wildman–Crippen LogP) is 1.41. The molecular weight excluding hydrogens is 252 g/mol. The molecule has 1 N–H and O–H groups in total. The van der Waals surface area contributed by atoms with Gasteiger partial charge in [0.1, 0.15) is 0 Å². The van der Waals surface area contributed by atoms with Gasteiger partial charge in [0.15, 0.2) is 6.61 Å². The van der Waals surface area contributed by atoms with Crippen molar-refractivity contribution in [2.24, 2.45) is 0 Å². The number of carbonyl (C=O) groups is 3. The first-order valence-electron chi connectivity index (χ1n) is 5.63. The first kappa shape index (κ1) is 14.7. The van der Waals surface area contributed by atoms with Crippen LogP contribution in [0.4, 0.5) is 0 Å². The lowest BCUT2D eigenvalue weighted by Crippen LogP contribution is -2.18. The molecule has 0 bridgehead atoms. The molecule has 0 spiro atoms. The highest BCUT2D eigenvalue weighted by molar-refractivity contribution is 6.04. The zero-order valence-corrected chi connectivity index (χ0v) is 10.6. The third-order valence-electron chi connectivity index (χ3n) is 2.30. The molecule has 0 aliphatic rings. The van der Waals surface area contributed by atoms with Crippen LogP contribution < -0.4 is 0 Å². The Bertz CT molecular complexity index is 506. The van der Waals surface area contributed by atoms with E-state index in [1.54, 1.807) is 26.0 Å². The van der Waals surface area contributed by atoms with Gasteiger partial charge in [0, 0.05) is 0 Å². The van der Waals surface area contributed by atoms with Crippen LogP contribution in [0.5, 0.6) is 0 Å². The highest BCUT2D eigenvalue weighted by Gasteiger charge is 2.21.